The highest BCUT2D eigenvalue weighted by atomic mass is 15.1. The molecule has 10 aromatic rings. The van der Waals surface area contributed by atoms with Crippen LogP contribution in [0.3, 0.4) is 0 Å². The summed E-state index contributed by atoms with van der Waals surface area (Å²) in [4.78, 5) is 2.37. The first-order valence-electron chi connectivity index (χ1n) is 17.8. The number of nitrogens with zero attached hydrogens (tertiary/aromatic N) is 2. The van der Waals surface area contributed by atoms with Crippen molar-refractivity contribution in [2.24, 2.45) is 0 Å². The van der Waals surface area contributed by atoms with E-state index in [2.05, 4.69) is 216 Å². The normalized spacial score (nSPS) is 11.5. The molecule has 0 atom stereocenters. The molecule has 0 spiro atoms. The molecule has 0 saturated carbocycles. The zero-order chi connectivity index (χ0) is 34.4. The van der Waals surface area contributed by atoms with Crippen LogP contribution in [0.1, 0.15) is 0 Å². The van der Waals surface area contributed by atoms with E-state index in [1.807, 2.05) is 0 Å². The third-order valence-corrected chi connectivity index (χ3v) is 10.3. The molecule has 2 nitrogen and oxygen atoms in total. The summed E-state index contributed by atoms with van der Waals surface area (Å²) in [6.07, 6.45) is 0. The van der Waals surface area contributed by atoms with Crippen LogP contribution in [-0.4, -0.2) is 4.57 Å². The standard InChI is InChI=1S/C50H34N2/c1-3-12-39-32-41(22-20-35(39)10-1)37-24-28-43(29-25-37)51(44-30-26-38(27-31-44)42-23-21-36-11-2-4-13-40(36)33-42)45-14-9-15-46(34-45)52-49-18-7-5-16-47(49)48-17-6-8-19-50(48)52/h1-34H. The summed E-state index contributed by atoms with van der Waals surface area (Å²) in [7, 11) is 0. The predicted molar refractivity (Wildman–Crippen MR) is 221 cm³/mol. The molecule has 0 unspecified atom stereocenters. The van der Waals surface area contributed by atoms with E-state index >= 15 is 0 Å². The lowest BCUT2D eigenvalue weighted by Gasteiger charge is -2.26. The van der Waals surface area contributed by atoms with Gasteiger partial charge in [-0.15, -0.1) is 0 Å². The van der Waals surface area contributed by atoms with Gasteiger partial charge in [-0.2, -0.15) is 0 Å². The van der Waals surface area contributed by atoms with Crippen molar-refractivity contribution in [1.29, 1.82) is 0 Å². The number of fused-ring (bicyclic) bond motifs is 5. The summed E-state index contributed by atoms with van der Waals surface area (Å²) < 4.78 is 2.39. The molecule has 10 rings (SSSR count). The van der Waals surface area contributed by atoms with E-state index in [1.54, 1.807) is 0 Å². The number of hydrogen-bond donors (Lipinski definition) is 0. The Kier molecular flexibility index (Phi) is 7.18. The first kappa shape index (κ1) is 30.0. The maximum atomic E-state index is 2.39. The Balaban J connectivity index is 1.09. The van der Waals surface area contributed by atoms with Gasteiger partial charge < -0.3 is 9.47 Å². The Morgan fingerprint density at radius 1 is 0.288 bits per heavy atom. The molecule has 0 saturated heterocycles. The van der Waals surface area contributed by atoms with Crippen molar-refractivity contribution in [2.45, 2.75) is 0 Å². The van der Waals surface area contributed by atoms with Gasteiger partial charge in [0, 0.05) is 33.5 Å². The van der Waals surface area contributed by atoms with Crippen molar-refractivity contribution >= 4 is 60.4 Å². The van der Waals surface area contributed by atoms with Crippen LogP contribution in [0.15, 0.2) is 206 Å². The van der Waals surface area contributed by atoms with Gasteiger partial charge in [0.15, 0.2) is 0 Å². The minimum absolute atomic E-state index is 1.09. The fraction of sp³-hybridized carbons (Fsp3) is 0. The van der Waals surface area contributed by atoms with Gasteiger partial charge in [0.2, 0.25) is 0 Å². The van der Waals surface area contributed by atoms with Crippen molar-refractivity contribution in [1.82, 2.24) is 4.57 Å². The lowest BCUT2D eigenvalue weighted by atomic mass is 10.00. The number of para-hydroxylation sites is 2. The molecule has 1 aromatic heterocycles. The summed E-state index contributed by atoms with van der Waals surface area (Å²) in [6.45, 7) is 0. The smallest absolute Gasteiger partial charge is 0.0541 e. The highest BCUT2D eigenvalue weighted by Crippen LogP contribution is 2.39. The zero-order valence-electron chi connectivity index (χ0n) is 28.5. The fourth-order valence-electron chi connectivity index (χ4n) is 7.76. The van der Waals surface area contributed by atoms with Gasteiger partial charge in [-0.05, 0) is 111 Å². The predicted octanol–water partition coefficient (Wildman–Crippen LogP) is 13.9. The highest BCUT2D eigenvalue weighted by Gasteiger charge is 2.17. The number of hydrogen-bond acceptors (Lipinski definition) is 1. The second-order valence-corrected chi connectivity index (χ2v) is 13.4. The first-order chi connectivity index (χ1) is 25.8. The Morgan fingerprint density at radius 3 is 1.25 bits per heavy atom. The molecule has 2 heteroatoms. The van der Waals surface area contributed by atoms with Gasteiger partial charge in [0.1, 0.15) is 0 Å². The second-order valence-electron chi connectivity index (χ2n) is 13.4. The highest BCUT2D eigenvalue weighted by molar-refractivity contribution is 6.09. The van der Waals surface area contributed by atoms with Crippen LogP contribution in [0.25, 0.3) is 71.3 Å². The Labute approximate surface area is 303 Å². The third-order valence-electron chi connectivity index (χ3n) is 10.3. The molecular weight excluding hydrogens is 629 g/mol. The van der Waals surface area contributed by atoms with Gasteiger partial charge in [0.05, 0.1) is 11.0 Å². The quantitative estimate of drug-likeness (QED) is 0.172. The first-order valence-corrected chi connectivity index (χ1v) is 17.8. The third kappa shape index (κ3) is 5.21. The van der Waals surface area contributed by atoms with E-state index in [4.69, 9.17) is 0 Å². The van der Waals surface area contributed by atoms with E-state index in [0.29, 0.717) is 0 Å². The van der Waals surface area contributed by atoms with E-state index in [-0.39, 0.29) is 0 Å². The number of rotatable bonds is 6. The molecule has 0 aliphatic rings. The van der Waals surface area contributed by atoms with Crippen LogP contribution in [0, 0.1) is 0 Å². The maximum Gasteiger partial charge on any atom is 0.0541 e. The van der Waals surface area contributed by atoms with Crippen molar-refractivity contribution in [3.63, 3.8) is 0 Å². The Hall–Kier alpha value is -6.90. The summed E-state index contributed by atoms with van der Waals surface area (Å²) in [5.41, 5.74) is 11.6. The molecule has 0 aliphatic heterocycles. The summed E-state index contributed by atoms with van der Waals surface area (Å²) in [5.74, 6) is 0. The van der Waals surface area contributed by atoms with Crippen LogP contribution >= 0.6 is 0 Å². The SMILES string of the molecule is c1cc(N(c2ccc(-c3ccc4ccccc4c3)cc2)c2ccc(-c3ccc4ccccc4c3)cc2)cc(-n2c3ccccc3c3ccccc32)c1. The number of aromatic nitrogens is 1. The molecule has 1 heterocycles. The van der Waals surface area contributed by atoms with Crippen molar-refractivity contribution in [3.05, 3.63) is 206 Å². The van der Waals surface area contributed by atoms with Crippen LogP contribution in [0.2, 0.25) is 0 Å². The largest absolute Gasteiger partial charge is 0.310 e. The number of anilines is 3. The summed E-state index contributed by atoms with van der Waals surface area (Å²) >= 11 is 0. The van der Waals surface area contributed by atoms with Crippen molar-refractivity contribution < 1.29 is 0 Å². The zero-order valence-corrected chi connectivity index (χ0v) is 28.5. The Bertz CT molecular complexity index is 2720. The summed E-state index contributed by atoms with van der Waals surface area (Å²) in [5, 5.41) is 7.52. The molecule has 52 heavy (non-hydrogen) atoms. The summed E-state index contributed by atoms with van der Waals surface area (Å²) in [6, 6.07) is 74.8. The Morgan fingerprint density at radius 2 is 0.731 bits per heavy atom. The fourth-order valence-corrected chi connectivity index (χ4v) is 7.76. The van der Waals surface area contributed by atoms with Gasteiger partial charge in [-0.25, -0.2) is 0 Å². The van der Waals surface area contributed by atoms with Crippen molar-refractivity contribution in [2.75, 3.05) is 4.90 Å². The molecule has 0 bridgehead atoms. The second kappa shape index (κ2) is 12.5. The molecule has 0 amide bonds. The molecule has 0 fully saturated rings. The topological polar surface area (TPSA) is 8.17 Å². The van der Waals surface area contributed by atoms with Crippen LogP contribution < -0.4 is 4.90 Å². The monoisotopic (exact) mass is 662 g/mol. The average Bonchev–Trinajstić information content (AvgIpc) is 3.56. The minimum Gasteiger partial charge on any atom is -0.310 e. The van der Waals surface area contributed by atoms with E-state index in [0.717, 1.165) is 22.7 Å². The molecule has 0 N–H and O–H groups in total. The van der Waals surface area contributed by atoms with Gasteiger partial charge in [-0.3, -0.25) is 0 Å². The lowest BCUT2D eigenvalue weighted by Crippen LogP contribution is -2.10. The molecular formula is C50H34N2. The average molecular weight is 663 g/mol. The minimum atomic E-state index is 1.09. The van der Waals surface area contributed by atoms with Gasteiger partial charge in [-0.1, -0.05) is 140 Å². The van der Waals surface area contributed by atoms with Crippen LogP contribution in [-0.2, 0) is 0 Å². The van der Waals surface area contributed by atoms with E-state index < -0.39 is 0 Å². The molecule has 0 aliphatic carbocycles. The maximum absolute atomic E-state index is 2.39. The molecule has 0 radical (unpaired) electrons. The molecule has 9 aromatic carbocycles. The van der Waals surface area contributed by atoms with Crippen LogP contribution in [0.4, 0.5) is 17.1 Å². The van der Waals surface area contributed by atoms with E-state index in [1.165, 1.54) is 65.6 Å². The van der Waals surface area contributed by atoms with Crippen LogP contribution in [0.5, 0.6) is 0 Å². The number of benzene rings is 9. The van der Waals surface area contributed by atoms with Gasteiger partial charge in [0.25, 0.3) is 0 Å². The van der Waals surface area contributed by atoms with Gasteiger partial charge >= 0.3 is 0 Å². The lowest BCUT2D eigenvalue weighted by molar-refractivity contribution is 1.17. The van der Waals surface area contributed by atoms with Crippen molar-refractivity contribution in [3.8, 4) is 27.9 Å². The molecule has 244 valence electrons. The van der Waals surface area contributed by atoms with E-state index in [9.17, 15) is 0 Å².